The average Bonchev–Trinajstić information content (AvgIpc) is 2.38. The summed E-state index contributed by atoms with van der Waals surface area (Å²) in [6.45, 7) is 2.39. The second kappa shape index (κ2) is 7.63. The van der Waals surface area contributed by atoms with Crippen molar-refractivity contribution in [2.24, 2.45) is 11.7 Å². The molecule has 3 nitrogen and oxygen atoms in total. The molecule has 1 aromatic rings. The maximum atomic E-state index is 5.88. The second-order valence-electron chi connectivity index (χ2n) is 5.50. The first-order valence-corrected chi connectivity index (χ1v) is 7.34. The molecule has 0 saturated heterocycles. The Balaban J connectivity index is 1.81. The monoisotopic (exact) mass is 262 g/mol. The molecule has 3 N–H and O–H groups in total. The van der Waals surface area contributed by atoms with E-state index in [1.165, 1.54) is 36.8 Å². The number of nitrogens with one attached hydrogen (secondary N) is 1. The molecule has 1 aliphatic rings. The molecule has 1 atom stereocenters. The van der Waals surface area contributed by atoms with Crippen LogP contribution in [0.4, 0.5) is 0 Å². The van der Waals surface area contributed by atoms with E-state index < -0.39 is 0 Å². The van der Waals surface area contributed by atoms with Gasteiger partial charge < -0.3 is 15.8 Å². The van der Waals surface area contributed by atoms with E-state index in [1.807, 2.05) is 0 Å². The zero-order valence-electron chi connectivity index (χ0n) is 11.9. The van der Waals surface area contributed by atoms with Crippen LogP contribution < -0.4 is 11.1 Å². The van der Waals surface area contributed by atoms with Gasteiger partial charge in [-0.3, -0.25) is 0 Å². The van der Waals surface area contributed by atoms with Crippen molar-refractivity contribution in [3.05, 3.63) is 35.4 Å². The molecule has 3 heteroatoms. The molecular formula is C16H26N2O. The van der Waals surface area contributed by atoms with Gasteiger partial charge in [-0.25, -0.2) is 0 Å². The van der Waals surface area contributed by atoms with Crippen LogP contribution in [0.5, 0.6) is 0 Å². The van der Waals surface area contributed by atoms with E-state index in [-0.39, 0.29) is 6.04 Å². The summed E-state index contributed by atoms with van der Waals surface area (Å²) in [4.78, 5) is 0. The third-order valence-corrected chi connectivity index (χ3v) is 4.10. The molecule has 0 bridgehead atoms. The predicted molar refractivity (Wildman–Crippen MR) is 78.9 cm³/mol. The molecule has 0 aromatic heterocycles. The Morgan fingerprint density at radius 3 is 2.58 bits per heavy atom. The fraction of sp³-hybridized carbons (Fsp3) is 0.625. The molecule has 2 rings (SSSR count). The number of ether oxygens (including phenoxy) is 1. The lowest BCUT2D eigenvalue weighted by Gasteiger charge is -2.26. The summed E-state index contributed by atoms with van der Waals surface area (Å²) >= 11 is 0. The lowest BCUT2D eigenvalue weighted by Crippen LogP contribution is -2.30. The van der Waals surface area contributed by atoms with Crippen LogP contribution in [0, 0.1) is 5.92 Å². The Morgan fingerprint density at radius 2 is 2.05 bits per heavy atom. The van der Waals surface area contributed by atoms with Crippen molar-refractivity contribution in [1.82, 2.24) is 5.32 Å². The van der Waals surface area contributed by atoms with Crippen molar-refractivity contribution >= 4 is 0 Å². The molecule has 0 heterocycles. The summed E-state index contributed by atoms with van der Waals surface area (Å²) in [5.41, 5.74) is 8.36. The number of nitrogens with two attached hydrogens (primary N) is 1. The molecule has 1 fully saturated rings. The van der Waals surface area contributed by atoms with Crippen LogP contribution in [0.3, 0.4) is 0 Å². The SMILES string of the molecule is COCc1ccc(C(CN)NCCC2CCC2)cc1. The summed E-state index contributed by atoms with van der Waals surface area (Å²) in [7, 11) is 1.72. The van der Waals surface area contributed by atoms with Crippen molar-refractivity contribution in [1.29, 1.82) is 0 Å². The molecule has 1 aromatic carbocycles. The molecule has 0 radical (unpaired) electrons. The number of hydrogen-bond acceptors (Lipinski definition) is 3. The Morgan fingerprint density at radius 1 is 1.32 bits per heavy atom. The van der Waals surface area contributed by atoms with E-state index in [4.69, 9.17) is 10.5 Å². The highest BCUT2D eigenvalue weighted by molar-refractivity contribution is 5.25. The lowest BCUT2D eigenvalue weighted by molar-refractivity contribution is 0.185. The van der Waals surface area contributed by atoms with Gasteiger partial charge in [0.05, 0.1) is 6.61 Å². The van der Waals surface area contributed by atoms with Crippen molar-refractivity contribution < 1.29 is 4.74 Å². The minimum absolute atomic E-state index is 0.275. The van der Waals surface area contributed by atoms with Crippen LogP contribution in [0.2, 0.25) is 0 Å². The highest BCUT2D eigenvalue weighted by atomic mass is 16.5. The quantitative estimate of drug-likeness (QED) is 0.757. The van der Waals surface area contributed by atoms with Crippen molar-refractivity contribution in [2.75, 3.05) is 20.2 Å². The minimum Gasteiger partial charge on any atom is -0.380 e. The van der Waals surface area contributed by atoms with Gasteiger partial charge in [-0.05, 0) is 30.0 Å². The van der Waals surface area contributed by atoms with Gasteiger partial charge in [-0.1, -0.05) is 43.5 Å². The maximum Gasteiger partial charge on any atom is 0.0713 e. The van der Waals surface area contributed by atoms with Crippen LogP contribution in [0.25, 0.3) is 0 Å². The number of rotatable bonds is 8. The van der Waals surface area contributed by atoms with Crippen LogP contribution >= 0.6 is 0 Å². The highest BCUT2D eigenvalue weighted by Gasteiger charge is 2.17. The first-order valence-electron chi connectivity index (χ1n) is 7.34. The zero-order valence-corrected chi connectivity index (χ0v) is 11.9. The Labute approximate surface area is 116 Å². The van der Waals surface area contributed by atoms with Gasteiger partial charge in [0.1, 0.15) is 0 Å². The van der Waals surface area contributed by atoms with Gasteiger partial charge in [-0.2, -0.15) is 0 Å². The van der Waals surface area contributed by atoms with Gasteiger partial charge in [0, 0.05) is 19.7 Å². The van der Waals surface area contributed by atoms with Crippen LogP contribution in [-0.4, -0.2) is 20.2 Å². The van der Waals surface area contributed by atoms with E-state index in [1.54, 1.807) is 7.11 Å². The van der Waals surface area contributed by atoms with E-state index >= 15 is 0 Å². The first kappa shape index (κ1) is 14.5. The topological polar surface area (TPSA) is 47.3 Å². The van der Waals surface area contributed by atoms with Gasteiger partial charge in [0.2, 0.25) is 0 Å². The molecule has 0 aliphatic heterocycles. The standard InChI is InChI=1S/C16H26N2O/c1-19-12-14-5-7-15(8-6-14)16(11-17)18-10-9-13-3-2-4-13/h5-8,13,16,18H,2-4,9-12,17H2,1H3. The molecule has 1 unspecified atom stereocenters. The molecule has 0 amide bonds. The molecule has 19 heavy (non-hydrogen) atoms. The van der Waals surface area contributed by atoms with Crippen LogP contribution in [0.1, 0.15) is 42.9 Å². The normalized spacial score (nSPS) is 17.2. The van der Waals surface area contributed by atoms with Gasteiger partial charge >= 0.3 is 0 Å². The summed E-state index contributed by atoms with van der Waals surface area (Å²) in [6.07, 6.45) is 5.55. The fourth-order valence-corrected chi connectivity index (χ4v) is 2.59. The fourth-order valence-electron chi connectivity index (χ4n) is 2.59. The van der Waals surface area contributed by atoms with Crippen LogP contribution in [-0.2, 0) is 11.3 Å². The Bertz CT molecular complexity index is 360. The summed E-state index contributed by atoms with van der Waals surface area (Å²) in [6, 6.07) is 8.82. The average molecular weight is 262 g/mol. The summed E-state index contributed by atoms with van der Waals surface area (Å²) in [5.74, 6) is 0.954. The largest absolute Gasteiger partial charge is 0.380 e. The third kappa shape index (κ3) is 4.30. The number of benzene rings is 1. The van der Waals surface area contributed by atoms with Crippen molar-refractivity contribution in [3.8, 4) is 0 Å². The zero-order chi connectivity index (χ0) is 13.5. The van der Waals surface area contributed by atoms with E-state index in [2.05, 4.69) is 29.6 Å². The molecule has 0 spiro atoms. The number of hydrogen-bond donors (Lipinski definition) is 2. The van der Waals surface area contributed by atoms with Crippen molar-refractivity contribution in [3.63, 3.8) is 0 Å². The van der Waals surface area contributed by atoms with Crippen molar-refractivity contribution in [2.45, 2.75) is 38.3 Å². The van der Waals surface area contributed by atoms with E-state index in [0.717, 1.165) is 12.5 Å². The molecule has 1 saturated carbocycles. The number of methoxy groups -OCH3 is 1. The van der Waals surface area contributed by atoms with Gasteiger partial charge in [0.15, 0.2) is 0 Å². The minimum atomic E-state index is 0.275. The van der Waals surface area contributed by atoms with Gasteiger partial charge in [0.25, 0.3) is 0 Å². The van der Waals surface area contributed by atoms with E-state index in [0.29, 0.717) is 13.2 Å². The molecular weight excluding hydrogens is 236 g/mol. The Hall–Kier alpha value is -0.900. The first-order chi connectivity index (χ1) is 9.33. The van der Waals surface area contributed by atoms with E-state index in [9.17, 15) is 0 Å². The lowest BCUT2D eigenvalue weighted by atomic mass is 9.83. The summed E-state index contributed by atoms with van der Waals surface area (Å²) < 4.78 is 5.12. The summed E-state index contributed by atoms with van der Waals surface area (Å²) in [5, 5.41) is 3.58. The predicted octanol–water partition coefficient (Wildman–Crippen LogP) is 2.61. The third-order valence-electron chi connectivity index (χ3n) is 4.10. The van der Waals surface area contributed by atoms with Gasteiger partial charge in [-0.15, -0.1) is 0 Å². The van der Waals surface area contributed by atoms with Crippen LogP contribution in [0.15, 0.2) is 24.3 Å². The highest BCUT2D eigenvalue weighted by Crippen LogP contribution is 2.29. The molecule has 106 valence electrons. The Kier molecular flexibility index (Phi) is 5.83. The maximum absolute atomic E-state index is 5.88. The second-order valence-corrected chi connectivity index (χ2v) is 5.50. The molecule has 1 aliphatic carbocycles. The smallest absolute Gasteiger partial charge is 0.0713 e.